The molecule has 0 spiro atoms. The number of carboxylic acid groups (broad SMARTS) is 1. The lowest BCUT2D eigenvalue weighted by Crippen LogP contribution is -2.50. The van der Waals surface area contributed by atoms with Crippen molar-refractivity contribution in [3.8, 4) is 0 Å². The van der Waals surface area contributed by atoms with Crippen LogP contribution in [0.3, 0.4) is 0 Å². The van der Waals surface area contributed by atoms with Crippen LogP contribution in [-0.2, 0) is 0 Å². The quantitative estimate of drug-likeness (QED) is 0.685. The van der Waals surface area contributed by atoms with Crippen LogP contribution < -0.4 is 5.84 Å². The summed E-state index contributed by atoms with van der Waals surface area (Å²) in [7, 11) is 1.57. The van der Waals surface area contributed by atoms with Gasteiger partial charge in [-0.25, -0.2) is 9.80 Å². The Morgan fingerprint density at radius 2 is 2.13 bits per heavy atom. The van der Waals surface area contributed by atoms with E-state index in [0.717, 1.165) is 25.8 Å². The van der Waals surface area contributed by atoms with Crippen LogP contribution in [0.25, 0.3) is 0 Å². The number of nitrogens with zero attached hydrogens (tertiary/aromatic N) is 2. The first-order valence-corrected chi connectivity index (χ1v) is 5.56. The van der Waals surface area contributed by atoms with E-state index in [2.05, 4.69) is 0 Å². The van der Waals surface area contributed by atoms with Gasteiger partial charge in [-0.2, -0.15) is 0 Å². The molecule has 0 aromatic heterocycles. The van der Waals surface area contributed by atoms with Crippen molar-refractivity contribution >= 4 is 6.09 Å². The van der Waals surface area contributed by atoms with Gasteiger partial charge in [0.15, 0.2) is 0 Å². The van der Waals surface area contributed by atoms with Gasteiger partial charge in [0.2, 0.25) is 0 Å². The summed E-state index contributed by atoms with van der Waals surface area (Å²) in [6.45, 7) is 5.38. The Hall–Kier alpha value is -0.810. The lowest BCUT2D eigenvalue weighted by molar-refractivity contribution is 0.103. The van der Waals surface area contributed by atoms with E-state index in [4.69, 9.17) is 10.9 Å². The topological polar surface area (TPSA) is 69.8 Å². The minimum absolute atomic E-state index is 0.190. The zero-order valence-corrected chi connectivity index (χ0v) is 9.94. The molecule has 3 N–H and O–H groups in total. The Morgan fingerprint density at radius 1 is 1.53 bits per heavy atom. The maximum Gasteiger partial charge on any atom is 0.407 e. The summed E-state index contributed by atoms with van der Waals surface area (Å²) < 4.78 is 0. The van der Waals surface area contributed by atoms with Crippen molar-refractivity contribution in [3.63, 3.8) is 0 Å². The summed E-state index contributed by atoms with van der Waals surface area (Å²) in [5, 5.41) is 10.4. The molecule has 0 aromatic carbocycles. The molecule has 0 radical (unpaired) electrons. The number of amides is 1. The van der Waals surface area contributed by atoms with Crippen molar-refractivity contribution in [2.45, 2.75) is 39.2 Å². The SMILES string of the molecule is CC.CN(CC1CCCCN1N)C(=O)O. The van der Waals surface area contributed by atoms with Gasteiger partial charge in [-0.05, 0) is 12.8 Å². The van der Waals surface area contributed by atoms with Crippen LogP contribution >= 0.6 is 0 Å². The van der Waals surface area contributed by atoms with Gasteiger partial charge in [0, 0.05) is 26.2 Å². The van der Waals surface area contributed by atoms with Gasteiger partial charge in [0.25, 0.3) is 0 Å². The molecule has 1 heterocycles. The maximum atomic E-state index is 10.5. The van der Waals surface area contributed by atoms with Crippen LogP contribution in [0.4, 0.5) is 4.79 Å². The smallest absolute Gasteiger partial charge is 0.407 e. The number of rotatable bonds is 2. The lowest BCUT2D eigenvalue weighted by Gasteiger charge is -2.33. The van der Waals surface area contributed by atoms with E-state index >= 15 is 0 Å². The first kappa shape index (κ1) is 14.2. The average Bonchev–Trinajstić information content (AvgIpc) is 2.24. The van der Waals surface area contributed by atoms with E-state index in [1.54, 1.807) is 12.1 Å². The second kappa shape index (κ2) is 7.48. The molecule has 1 amide bonds. The monoisotopic (exact) mass is 217 g/mol. The van der Waals surface area contributed by atoms with Crippen molar-refractivity contribution in [1.82, 2.24) is 9.91 Å². The van der Waals surface area contributed by atoms with Gasteiger partial charge in [0.05, 0.1) is 0 Å². The minimum atomic E-state index is -0.890. The zero-order valence-electron chi connectivity index (χ0n) is 9.94. The number of piperidine rings is 1. The third-order valence-electron chi connectivity index (χ3n) is 2.48. The molecule has 1 saturated heterocycles. The summed E-state index contributed by atoms with van der Waals surface area (Å²) in [5.74, 6) is 5.74. The molecular formula is C10H23N3O2. The Morgan fingerprint density at radius 3 is 2.60 bits per heavy atom. The summed E-state index contributed by atoms with van der Waals surface area (Å²) in [6.07, 6.45) is 2.36. The largest absolute Gasteiger partial charge is 0.465 e. The average molecular weight is 217 g/mol. The van der Waals surface area contributed by atoms with Gasteiger partial charge in [-0.15, -0.1) is 0 Å². The standard InChI is InChI=1S/C8H17N3O2.C2H6/c1-10(8(12)13)6-7-4-2-3-5-11(7)9;1-2/h7H,2-6,9H2,1H3,(H,12,13);1-2H3. The minimum Gasteiger partial charge on any atom is -0.465 e. The molecule has 0 aromatic rings. The van der Waals surface area contributed by atoms with Crippen LogP contribution in [-0.4, -0.2) is 47.3 Å². The van der Waals surface area contributed by atoms with Gasteiger partial charge in [-0.3, -0.25) is 5.84 Å². The molecule has 0 bridgehead atoms. The third-order valence-corrected chi connectivity index (χ3v) is 2.48. The van der Waals surface area contributed by atoms with E-state index in [9.17, 15) is 4.79 Å². The summed E-state index contributed by atoms with van der Waals surface area (Å²) in [6, 6.07) is 0.190. The third kappa shape index (κ3) is 4.99. The molecule has 1 aliphatic heterocycles. The maximum absolute atomic E-state index is 10.5. The molecule has 0 aliphatic carbocycles. The van der Waals surface area contributed by atoms with Crippen LogP contribution in [0, 0.1) is 0 Å². The molecule has 1 rings (SSSR count). The number of carbonyl (C=O) groups is 1. The van der Waals surface area contributed by atoms with Crippen molar-refractivity contribution in [1.29, 1.82) is 0 Å². The second-order valence-corrected chi connectivity index (χ2v) is 3.55. The lowest BCUT2D eigenvalue weighted by atomic mass is 10.0. The molecule has 1 aliphatic rings. The Labute approximate surface area is 91.8 Å². The predicted molar refractivity (Wildman–Crippen MR) is 60.5 cm³/mol. The number of hydrazine groups is 1. The van der Waals surface area contributed by atoms with E-state index < -0.39 is 6.09 Å². The molecule has 5 heteroatoms. The van der Waals surface area contributed by atoms with Gasteiger partial charge >= 0.3 is 6.09 Å². The molecular weight excluding hydrogens is 194 g/mol. The fourth-order valence-corrected chi connectivity index (χ4v) is 1.61. The zero-order chi connectivity index (χ0) is 11.8. The predicted octanol–water partition coefficient (Wildman–Crippen LogP) is 1.35. The highest BCUT2D eigenvalue weighted by atomic mass is 16.4. The Kier molecular flexibility index (Phi) is 7.07. The fourth-order valence-electron chi connectivity index (χ4n) is 1.61. The van der Waals surface area contributed by atoms with E-state index in [-0.39, 0.29) is 6.04 Å². The molecule has 0 saturated carbocycles. The van der Waals surface area contributed by atoms with Crippen LogP contribution in [0.15, 0.2) is 0 Å². The molecule has 1 fully saturated rings. The highest BCUT2D eigenvalue weighted by Crippen LogP contribution is 2.13. The first-order chi connectivity index (χ1) is 7.11. The van der Waals surface area contributed by atoms with Crippen molar-refractivity contribution in [2.24, 2.45) is 5.84 Å². The van der Waals surface area contributed by atoms with Crippen LogP contribution in [0.1, 0.15) is 33.1 Å². The van der Waals surface area contributed by atoms with Crippen LogP contribution in [0.5, 0.6) is 0 Å². The van der Waals surface area contributed by atoms with E-state index in [1.807, 2.05) is 13.8 Å². The van der Waals surface area contributed by atoms with Crippen molar-refractivity contribution in [3.05, 3.63) is 0 Å². The molecule has 15 heavy (non-hydrogen) atoms. The number of hydrogen-bond donors (Lipinski definition) is 2. The fraction of sp³-hybridized carbons (Fsp3) is 0.900. The highest BCUT2D eigenvalue weighted by molar-refractivity contribution is 5.64. The van der Waals surface area contributed by atoms with E-state index in [1.165, 1.54) is 4.90 Å². The van der Waals surface area contributed by atoms with Crippen molar-refractivity contribution in [2.75, 3.05) is 20.1 Å². The van der Waals surface area contributed by atoms with E-state index in [0.29, 0.717) is 6.54 Å². The normalized spacial score (nSPS) is 21.5. The summed E-state index contributed by atoms with van der Waals surface area (Å²) >= 11 is 0. The second-order valence-electron chi connectivity index (χ2n) is 3.55. The number of likely N-dealkylation sites (N-methyl/N-ethyl adjacent to an activating group) is 1. The number of nitrogens with two attached hydrogens (primary N) is 1. The Bertz CT molecular complexity index is 188. The summed E-state index contributed by atoms with van der Waals surface area (Å²) in [5.41, 5.74) is 0. The van der Waals surface area contributed by atoms with Gasteiger partial charge in [-0.1, -0.05) is 20.3 Å². The highest BCUT2D eigenvalue weighted by Gasteiger charge is 2.22. The molecule has 90 valence electrons. The van der Waals surface area contributed by atoms with Crippen LogP contribution in [0.2, 0.25) is 0 Å². The van der Waals surface area contributed by atoms with Crippen molar-refractivity contribution < 1.29 is 9.90 Å². The van der Waals surface area contributed by atoms with Gasteiger partial charge < -0.3 is 10.0 Å². The first-order valence-electron chi connectivity index (χ1n) is 5.56. The number of hydrogen-bond acceptors (Lipinski definition) is 3. The molecule has 5 nitrogen and oxygen atoms in total. The molecule has 1 atom stereocenters. The van der Waals surface area contributed by atoms with Gasteiger partial charge in [0.1, 0.15) is 0 Å². The molecule has 1 unspecified atom stereocenters. The Balaban J connectivity index is 0.000000921. The summed E-state index contributed by atoms with van der Waals surface area (Å²) in [4.78, 5) is 11.8.